The number of hydrogen-bond donors (Lipinski definition) is 2. The predicted octanol–water partition coefficient (Wildman–Crippen LogP) is 1.99. The summed E-state index contributed by atoms with van der Waals surface area (Å²) >= 11 is 0. The van der Waals surface area contributed by atoms with Crippen molar-refractivity contribution in [3.05, 3.63) is 0 Å². The highest BCUT2D eigenvalue weighted by Gasteiger charge is 2.25. The van der Waals surface area contributed by atoms with Crippen molar-refractivity contribution in [2.75, 3.05) is 26.2 Å². The van der Waals surface area contributed by atoms with Crippen LogP contribution in [0.4, 0.5) is 0 Å². The van der Waals surface area contributed by atoms with Gasteiger partial charge in [-0.05, 0) is 51.1 Å². The Balaban J connectivity index is 2.15. The van der Waals surface area contributed by atoms with Crippen molar-refractivity contribution in [1.29, 1.82) is 0 Å². The Bertz CT molecular complexity index is 226. The quantitative estimate of drug-likeness (QED) is 0.700. The fourth-order valence-corrected chi connectivity index (χ4v) is 2.68. The van der Waals surface area contributed by atoms with Crippen LogP contribution in [0.3, 0.4) is 0 Å². The van der Waals surface area contributed by atoms with Gasteiger partial charge in [-0.25, -0.2) is 0 Å². The molecule has 0 aromatic heterocycles. The lowest BCUT2D eigenvalue weighted by Gasteiger charge is -2.38. The summed E-state index contributed by atoms with van der Waals surface area (Å²) < 4.78 is 0. The zero-order chi connectivity index (χ0) is 12.9. The van der Waals surface area contributed by atoms with E-state index in [4.69, 9.17) is 10.8 Å². The summed E-state index contributed by atoms with van der Waals surface area (Å²) in [6.07, 6.45) is 5.92. The topological polar surface area (TPSA) is 49.5 Å². The molecule has 3 nitrogen and oxygen atoms in total. The predicted molar refractivity (Wildman–Crippen MR) is 73.0 cm³/mol. The molecule has 3 N–H and O–H groups in total. The lowest BCUT2D eigenvalue weighted by molar-refractivity contribution is 0.114. The lowest BCUT2D eigenvalue weighted by atomic mass is 9.84. The van der Waals surface area contributed by atoms with E-state index >= 15 is 0 Å². The molecule has 0 radical (unpaired) electrons. The van der Waals surface area contributed by atoms with Crippen molar-refractivity contribution in [3.8, 4) is 0 Å². The third-order valence-electron chi connectivity index (χ3n) is 3.81. The number of likely N-dealkylation sites (tertiary alicyclic amines) is 1. The van der Waals surface area contributed by atoms with Gasteiger partial charge in [-0.15, -0.1) is 0 Å². The van der Waals surface area contributed by atoms with Crippen LogP contribution in [0.1, 0.15) is 52.9 Å². The molecule has 0 saturated carbocycles. The first-order valence-corrected chi connectivity index (χ1v) is 6.97. The smallest absolute Gasteiger partial charge is 0.0608 e. The molecule has 102 valence electrons. The summed E-state index contributed by atoms with van der Waals surface area (Å²) in [7, 11) is 0. The monoisotopic (exact) mass is 242 g/mol. The Morgan fingerprint density at radius 3 is 2.65 bits per heavy atom. The van der Waals surface area contributed by atoms with E-state index in [1.807, 2.05) is 6.92 Å². The number of aliphatic hydroxyl groups is 1. The van der Waals surface area contributed by atoms with E-state index in [1.165, 1.54) is 38.9 Å². The Hall–Kier alpha value is -0.120. The molecule has 0 aromatic carbocycles. The van der Waals surface area contributed by atoms with Crippen LogP contribution in [0.2, 0.25) is 0 Å². The van der Waals surface area contributed by atoms with Crippen LogP contribution in [0, 0.1) is 5.41 Å². The number of aliphatic hydroxyl groups excluding tert-OH is 1. The van der Waals surface area contributed by atoms with Gasteiger partial charge in [0.1, 0.15) is 0 Å². The normalized spacial score (nSPS) is 24.5. The number of nitrogens with two attached hydrogens (primary N) is 1. The first-order valence-electron chi connectivity index (χ1n) is 6.97. The first-order chi connectivity index (χ1) is 7.85. The zero-order valence-corrected chi connectivity index (χ0v) is 11.8. The first kappa shape index (κ1) is 14.9. The summed E-state index contributed by atoms with van der Waals surface area (Å²) in [6, 6.07) is 0. The van der Waals surface area contributed by atoms with Gasteiger partial charge in [-0.3, -0.25) is 0 Å². The summed E-state index contributed by atoms with van der Waals surface area (Å²) in [5, 5.41) is 9.08. The van der Waals surface area contributed by atoms with E-state index in [1.54, 1.807) is 0 Å². The number of hydrogen-bond acceptors (Lipinski definition) is 3. The lowest BCUT2D eigenvalue weighted by Crippen LogP contribution is -2.41. The minimum absolute atomic E-state index is 0.0870. The van der Waals surface area contributed by atoms with Gasteiger partial charge in [-0.1, -0.05) is 20.3 Å². The number of unbranched alkanes of at least 4 members (excludes halogenated alkanes) is 1. The van der Waals surface area contributed by atoms with E-state index in [-0.39, 0.29) is 12.1 Å². The maximum absolute atomic E-state index is 9.08. The number of nitrogens with zero attached hydrogens (tertiary/aromatic N) is 1. The average molecular weight is 242 g/mol. The van der Waals surface area contributed by atoms with Crippen molar-refractivity contribution in [1.82, 2.24) is 4.90 Å². The van der Waals surface area contributed by atoms with Crippen molar-refractivity contribution in [3.63, 3.8) is 0 Å². The second-order valence-corrected chi connectivity index (χ2v) is 6.81. The van der Waals surface area contributed by atoms with Crippen molar-refractivity contribution < 1.29 is 5.11 Å². The SMILES string of the molecule is CC1(C)CCCN(CCCCC(C)(N)CO)C1. The third-order valence-corrected chi connectivity index (χ3v) is 3.81. The van der Waals surface area contributed by atoms with Gasteiger partial charge in [0.15, 0.2) is 0 Å². The average Bonchev–Trinajstić information content (AvgIpc) is 2.23. The van der Waals surface area contributed by atoms with E-state index < -0.39 is 0 Å². The molecular formula is C14H30N2O. The van der Waals surface area contributed by atoms with Gasteiger partial charge >= 0.3 is 0 Å². The van der Waals surface area contributed by atoms with Crippen LogP contribution in [0.5, 0.6) is 0 Å². The van der Waals surface area contributed by atoms with Crippen LogP contribution in [-0.4, -0.2) is 41.8 Å². The van der Waals surface area contributed by atoms with Crippen molar-refractivity contribution in [2.45, 2.75) is 58.4 Å². The third kappa shape index (κ3) is 5.84. The largest absolute Gasteiger partial charge is 0.394 e. The van der Waals surface area contributed by atoms with Crippen molar-refractivity contribution in [2.24, 2.45) is 11.1 Å². The van der Waals surface area contributed by atoms with E-state index in [0.29, 0.717) is 5.41 Å². The molecule has 1 fully saturated rings. The van der Waals surface area contributed by atoms with Gasteiger partial charge in [0.05, 0.1) is 6.61 Å². The van der Waals surface area contributed by atoms with E-state index in [2.05, 4.69) is 18.7 Å². The minimum atomic E-state index is -0.388. The Kier molecular flexibility index (Phi) is 5.42. The maximum Gasteiger partial charge on any atom is 0.0608 e. The molecule has 1 aliphatic rings. The highest BCUT2D eigenvalue weighted by molar-refractivity contribution is 4.80. The summed E-state index contributed by atoms with van der Waals surface area (Å²) in [6.45, 7) is 10.4. The van der Waals surface area contributed by atoms with Gasteiger partial charge in [0, 0.05) is 12.1 Å². The highest BCUT2D eigenvalue weighted by Crippen LogP contribution is 2.28. The zero-order valence-electron chi connectivity index (χ0n) is 11.8. The van der Waals surface area contributed by atoms with Gasteiger partial charge in [0.2, 0.25) is 0 Å². The van der Waals surface area contributed by atoms with Crippen molar-refractivity contribution >= 4 is 0 Å². The van der Waals surface area contributed by atoms with Crippen LogP contribution in [-0.2, 0) is 0 Å². The van der Waals surface area contributed by atoms with Gasteiger partial charge in [-0.2, -0.15) is 0 Å². The second kappa shape index (κ2) is 6.17. The summed E-state index contributed by atoms with van der Waals surface area (Å²) in [5.74, 6) is 0. The van der Waals surface area contributed by atoms with Crippen LogP contribution in [0.15, 0.2) is 0 Å². The van der Waals surface area contributed by atoms with Crippen LogP contribution >= 0.6 is 0 Å². The molecule has 1 saturated heterocycles. The molecule has 17 heavy (non-hydrogen) atoms. The molecule has 1 unspecified atom stereocenters. The van der Waals surface area contributed by atoms with E-state index in [0.717, 1.165) is 12.8 Å². The van der Waals surface area contributed by atoms with E-state index in [9.17, 15) is 0 Å². The molecule has 1 aliphatic heterocycles. The fraction of sp³-hybridized carbons (Fsp3) is 1.00. The van der Waals surface area contributed by atoms with Crippen LogP contribution in [0.25, 0.3) is 0 Å². The van der Waals surface area contributed by atoms with Gasteiger partial charge < -0.3 is 15.7 Å². The minimum Gasteiger partial charge on any atom is -0.394 e. The molecule has 0 aliphatic carbocycles. The number of piperidine rings is 1. The molecule has 1 rings (SSSR count). The molecule has 3 heteroatoms. The summed E-state index contributed by atoms with van der Waals surface area (Å²) in [4.78, 5) is 2.58. The molecule has 1 heterocycles. The molecule has 0 amide bonds. The molecule has 0 spiro atoms. The Morgan fingerprint density at radius 2 is 2.06 bits per heavy atom. The summed E-state index contributed by atoms with van der Waals surface area (Å²) in [5.41, 5.74) is 6.02. The molecule has 0 aromatic rings. The molecular weight excluding hydrogens is 212 g/mol. The maximum atomic E-state index is 9.08. The molecule has 0 bridgehead atoms. The molecule has 1 atom stereocenters. The number of rotatable bonds is 6. The fourth-order valence-electron chi connectivity index (χ4n) is 2.68. The van der Waals surface area contributed by atoms with Crippen LogP contribution < -0.4 is 5.73 Å². The Morgan fingerprint density at radius 1 is 1.35 bits per heavy atom. The standard InChI is InChI=1S/C14H30N2O/c1-13(2)7-6-10-16(11-13)9-5-4-8-14(3,15)12-17/h17H,4-12,15H2,1-3H3. The highest BCUT2D eigenvalue weighted by atomic mass is 16.3. The second-order valence-electron chi connectivity index (χ2n) is 6.81. The van der Waals surface area contributed by atoms with Gasteiger partial charge in [0.25, 0.3) is 0 Å². The Labute approximate surface area is 106 Å².